The average molecular weight is 617 g/mol. The number of carbonyl (C=O) groups excluding carboxylic acids is 2. The van der Waals surface area contributed by atoms with E-state index in [1.165, 1.54) is 29.7 Å². The third kappa shape index (κ3) is 5.93. The number of hydrogen-bond acceptors (Lipinski definition) is 6. The maximum Gasteiger partial charge on any atom is 0.416 e. The molecule has 0 bridgehead atoms. The van der Waals surface area contributed by atoms with Gasteiger partial charge in [0.1, 0.15) is 5.69 Å². The zero-order chi connectivity index (χ0) is 30.8. The second kappa shape index (κ2) is 12.0. The maximum atomic E-state index is 13.5. The molecule has 1 aliphatic rings. The van der Waals surface area contributed by atoms with Crippen LogP contribution in [0.4, 0.5) is 24.7 Å². The summed E-state index contributed by atoms with van der Waals surface area (Å²) < 4.78 is 40.7. The fourth-order valence-electron chi connectivity index (χ4n) is 5.26. The maximum absolute atomic E-state index is 13.5. The van der Waals surface area contributed by atoms with Crippen LogP contribution in [0.25, 0.3) is 16.8 Å². The molecule has 224 valence electrons. The Bertz CT molecular complexity index is 1790. The number of benzene rings is 3. The summed E-state index contributed by atoms with van der Waals surface area (Å²) in [5.74, 6) is -0.134. The van der Waals surface area contributed by atoms with E-state index >= 15 is 0 Å². The molecule has 0 saturated carbocycles. The van der Waals surface area contributed by atoms with Crippen LogP contribution in [0.1, 0.15) is 50.2 Å². The smallest absolute Gasteiger partial charge is 0.394 e. The van der Waals surface area contributed by atoms with Crippen LogP contribution in [0.3, 0.4) is 0 Å². The zero-order valence-corrected chi connectivity index (χ0v) is 24.1. The molecule has 2 amide bonds. The molecular formula is C32H27F3N6O2S. The van der Waals surface area contributed by atoms with Gasteiger partial charge in [0.25, 0.3) is 11.8 Å². The van der Waals surface area contributed by atoms with Crippen molar-refractivity contribution in [3.8, 4) is 16.8 Å². The van der Waals surface area contributed by atoms with Gasteiger partial charge in [-0.25, -0.2) is 9.67 Å². The number of likely N-dealkylation sites (tertiary alicyclic amines) is 1. The minimum absolute atomic E-state index is 0.0793. The number of anilines is 2. The van der Waals surface area contributed by atoms with Crippen LogP contribution in [0.2, 0.25) is 0 Å². The highest BCUT2D eigenvalue weighted by Gasteiger charge is 2.31. The van der Waals surface area contributed by atoms with Crippen molar-refractivity contribution >= 4 is 34.7 Å². The highest BCUT2D eigenvalue weighted by Crippen LogP contribution is 2.34. The van der Waals surface area contributed by atoms with Crippen molar-refractivity contribution in [2.45, 2.75) is 24.9 Å². The largest absolute Gasteiger partial charge is 0.416 e. The lowest BCUT2D eigenvalue weighted by molar-refractivity contribution is -0.137. The van der Waals surface area contributed by atoms with Crippen molar-refractivity contribution in [1.29, 1.82) is 0 Å². The van der Waals surface area contributed by atoms with Crippen LogP contribution < -0.4 is 11.1 Å². The number of carbonyl (C=O) groups is 2. The van der Waals surface area contributed by atoms with Gasteiger partial charge in [0.15, 0.2) is 5.82 Å². The molecule has 12 heteroatoms. The van der Waals surface area contributed by atoms with E-state index < -0.39 is 17.6 Å². The molecule has 1 aliphatic heterocycles. The Labute approximate surface area is 255 Å². The number of piperidine rings is 1. The number of para-hydroxylation sites is 1. The Morgan fingerprint density at radius 1 is 0.932 bits per heavy atom. The van der Waals surface area contributed by atoms with Crippen LogP contribution in [-0.4, -0.2) is 44.6 Å². The SMILES string of the molecule is Nc1cnn(-c2ccccc2)c1NC(=O)c1csc(C2CCN(C(=O)c3ccccc3-c3ccc(C(F)(F)F)cc3)CC2)n1. The van der Waals surface area contributed by atoms with E-state index in [4.69, 9.17) is 5.73 Å². The molecule has 5 aromatic rings. The number of hydrogen-bond donors (Lipinski definition) is 2. The van der Waals surface area contributed by atoms with Gasteiger partial charge < -0.3 is 16.0 Å². The Hall–Kier alpha value is -4.97. The van der Waals surface area contributed by atoms with Gasteiger partial charge >= 0.3 is 6.18 Å². The lowest BCUT2D eigenvalue weighted by Crippen LogP contribution is -2.38. The van der Waals surface area contributed by atoms with Gasteiger partial charge in [0, 0.05) is 30.0 Å². The zero-order valence-electron chi connectivity index (χ0n) is 23.3. The number of nitrogens with one attached hydrogen (secondary N) is 1. The third-order valence-corrected chi connectivity index (χ3v) is 8.60. The Morgan fingerprint density at radius 2 is 1.61 bits per heavy atom. The van der Waals surface area contributed by atoms with Crippen LogP contribution in [-0.2, 0) is 6.18 Å². The molecule has 0 radical (unpaired) electrons. The quantitative estimate of drug-likeness (QED) is 0.217. The summed E-state index contributed by atoms with van der Waals surface area (Å²) in [4.78, 5) is 33.0. The van der Waals surface area contributed by atoms with Crippen molar-refractivity contribution in [1.82, 2.24) is 19.7 Å². The van der Waals surface area contributed by atoms with Crippen molar-refractivity contribution in [2.24, 2.45) is 0 Å². The summed E-state index contributed by atoms with van der Waals surface area (Å²) in [6, 6.07) is 21.1. The first-order chi connectivity index (χ1) is 21.2. The van der Waals surface area contributed by atoms with Gasteiger partial charge in [-0.15, -0.1) is 11.3 Å². The fraction of sp³-hybridized carbons (Fsp3) is 0.188. The summed E-state index contributed by atoms with van der Waals surface area (Å²) in [5, 5.41) is 9.63. The molecule has 8 nitrogen and oxygen atoms in total. The summed E-state index contributed by atoms with van der Waals surface area (Å²) in [6.45, 7) is 0.970. The lowest BCUT2D eigenvalue weighted by atomic mass is 9.94. The first-order valence-corrected chi connectivity index (χ1v) is 14.8. The van der Waals surface area contributed by atoms with Crippen LogP contribution >= 0.6 is 11.3 Å². The van der Waals surface area contributed by atoms with E-state index in [2.05, 4.69) is 15.4 Å². The van der Waals surface area contributed by atoms with E-state index in [-0.39, 0.29) is 17.5 Å². The molecule has 0 atom stereocenters. The third-order valence-electron chi connectivity index (χ3n) is 7.60. The molecule has 2 aromatic heterocycles. The predicted molar refractivity (Wildman–Crippen MR) is 163 cm³/mol. The van der Waals surface area contributed by atoms with Crippen LogP contribution in [0.15, 0.2) is 90.4 Å². The van der Waals surface area contributed by atoms with E-state index in [1.54, 1.807) is 39.2 Å². The van der Waals surface area contributed by atoms with Crippen LogP contribution in [0.5, 0.6) is 0 Å². The van der Waals surface area contributed by atoms with E-state index in [1.807, 2.05) is 30.3 Å². The molecule has 6 rings (SSSR count). The molecule has 1 saturated heterocycles. The second-order valence-electron chi connectivity index (χ2n) is 10.4. The van der Waals surface area contributed by atoms with E-state index in [0.717, 1.165) is 22.8 Å². The van der Waals surface area contributed by atoms with E-state index in [9.17, 15) is 22.8 Å². The summed E-state index contributed by atoms with van der Waals surface area (Å²) in [5.41, 5.74) is 8.26. The van der Waals surface area contributed by atoms with Crippen molar-refractivity contribution < 1.29 is 22.8 Å². The van der Waals surface area contributed by atoms with Crippen molar-refractivity contribution in [3.05, 3.63) is 112 Å². The monoisotopic (exact) mass is 616 g/mol. The number of nitrogens with zero attached hydrogens (tertiary/aromatic N) is 4. The minimum atomic E-state index is -4.43. The Balaban J connectivity index is 1.11. The number of halogens is 3. The number of amides is 2. The fourth-order valence-corrected chi connectivity index (χ4v) is 6.23. The topological polar surface area (TPSA) is 106 Å². The molecular weight excluding hydrogens is 589 g/mol. The number of alkyl halides is 3. The summed E-state index contributed by atoms with van der Waals surface area (Å²) in [6.07, 6.45) is -1.63. The highest BCUT2D eigenvalue weighted by molar-refractivity contribution is 7.10. The van der Waals surface area contributed by atoms with Gasteiger partial charge in [-0.2, -0.15) is 18.3 Å². The standard InChI is InChI=1S/C32H27F3N6O2S/c33-32(34,35)22-12-10-20(11-13-22)24-8-4-5-9-25(24)31(43)40-16-14-21(15-17-40)30-38-27(19-44-30)29(42)39-28-26(36)18-37-41(28)23-6-2-1-3-7-23/h1-13,18-19,21H,14-17,36H2,(H,39,42). The predicted octanol–water partition coefficient (Wildman–Crippen LogP) is 6.87. The van der Waals surface area contributed by atoms with Gasteiger partial charge in [0.2, 0.25) is 0 Å². The summed E-state index contributed by atoms with van der Waals surface area (Å²) >= 11 is 1.40. The first kappa shape index (κ1) is 29.1. The minimum Gasteiger partial charge on any atom is -0.394 e. The van der Waals surface area contributed by atoms with Crippen molar-refractivity contribution in [3.63, 3.8) is 0 Å². The molecule has 0 unspecified atom stereocenters. The molecule has 1 fully saturated rings. The van der Waals surface area contributed by atoms with E-state index in [0.29, 0.717) is 54.1 Å². The molecule has 3 heterocycles. The molecule has 44 heavy (non-hydrogen) atoms. The van der Waals surface area contributed by atoms with Gasteiger partial charge in [-0.1, -0.05) is 48.5 Å². The molecule has 0 spiro atoms. The number of rotatable bonds is 6. The van der Waals surface area contributed by atoms with Gasteiger partial charge in [0.05, 0.1) is 28.1 Å². The highest BCUT2D eigenvalue weighted by atomic mass is 32.1. The second-order valence-corrected chi connectivity index (χ2v) is 11.3. The molecule has 3 aromatic carbocycles. The van der Waals surface area contributed by atoms with Crippen molar-refractivity contribution in [2.75, 3.05) is 24.1 Å². The number of aromatic nitrogens is 3. The van der Waals surface area contributed by atoms with Gasteiger partial charge in [-0.3, -0.25) is 9.59 Å². The molecule has 0 aliphatic carbocycles. The van der Waals surface area contributed by atoms with Crippen LogP contribution in [0, 0.1) is 0 Å². The van der Waals surface area contributed by atoms with Gasteiger partial charge in [-0.05, 0) is 54.3 Å². The lowest BCUT2D eigenvalue weighted by Gasteiger charge is -2.31. The Kier molecular flexibility index (Phi) is 7.92. The first-order valence-electron chi connectivity index (χ1n) is 13.9. The normalized spacial score (nSPS) is 14.0. The number of nitrogen functional groups attached to an aromatic ring is 1. The average Bonchev–Trinajstić information content (AvgIpc) is 3.68. The Morgan fingerprint density at radius 3 is 2.32 bits per heavy atom. The molecule has 3 N–H and O–H groups in total. The number of thiazole rings is 1. The summed E-state index contributed by atoms with van der Waals surface area (Å²) in [7, 11) is 0. The number of nitrogens with two attached hydrogens (primary N) is 1.